The number of unbranched alkanes of at least 4 members (excludes halogenated alkanes) is 1. The molecular weight excluding hydrogens is 328 g/mol. The fourth-order valence-corrected chi connectivity index (χ4v) is 4.82. The van der Waals surface area contributed by atoms with Crippen LogP contribution < -0.4 is 14.8 Å². The topological polar surface area (TPSA) is 50.8 Å². The molecule has 5 heteroatoms. The molecule has 1 saturated heterocycles. The summed E-state index contributed by atoms with van der Waals surface area (Å²) in [5, 5.41) is 3.61. The van der Waals surface area contributed by atoms with Crippen molar-refractivity contribution in [2.75, 3.05) is 33.4 Å². The first-order valence-electron chi connectivity index (χ1n) is 10.1. The Labute approximate surface area is 156 Å². The van der Waals surface area contributed by atoms with E-state index in [0.29, 0.717) is 30.4 Å². The Balaban J connectivity index is 1.17. The summed E-state index contributed by atoms with van der Waals surface area (Å²) in [5.74, 6) is 3.27. The molecule has 5 nitrogen and oxygen atoms in total. The van der Waals surface area contributed by atoms with Crippen molar-refractivity contribution in [1.29, 1.82) is 0 Å². The summed E-state index contributed by atoms with van der Waals surface area (Å²) in [6.07, 6.45) is 6.72. The van der Waals surface area contributed by atoms with E-state index in [0.717, 1.165) is 62.4 Å². The van der Waals surface area contributed by atoms with Crippen LogP contribution in [0, 0.1) is 11.8 Å². The molecule has 2 heterocycles. The van der Waals surface area contributed by atoms with Gasteiger partial charge in [-0.05, 0) is 56.7 Å². The minimum Gasteiger partial charge on any atom is -0.496 e. The fourth-order valence-electron chi connectivity index (χ4n) is 4.82. The third-order valence-corrected chi connectivity index (χ3v) is 6.23. The van der Waals surface area contributed by atoms with Gasteiger partial charge in [-0.2, -0.15) is 0 Å². The summed E-state index contributed by atoms with van der Waals surface area (Å²) in [5.41, 5.74) is 1.16. The van der Waals surface area contributed by atoms with Crippen LogP contribution in [-0.4, -0.2) is 50.2 Å². The van der Waals surface area contributed by atoms with Gasteiger partial charge in [-0.25, -0.2) is 0 Å². The van der Waals surface area contributed by atoms with Gasteiger partial charge in [0.1, 0.15) is 18.1 Å². The van der Waals surface area contributed by atoms with Gasteiger partial charge in [0.15, 0.2) is 0 Å². The van der Waals surface area contributed by atoms with E-state index in [-0.39, 0.29) is 0 Å². The maximum absolute atomic E-state index is 12.4. The Morgan fingerprint density at radius 3 is 3.08 bits per heavy atom. The number of hydrogen-bond donors (Lipinski definition) is 1. The average molecular weight is 358 g/mol. The number of carbonyl (C=O) groups is 1. The predicted molar refractivity (Wildman–Crippen MR) is 101 cm³/mol. The van der Waals surface area contributed by atoms with Crippen LogP contribution in [0.3, 0.4) is 0 Å². The number of hydrogen-bond acceptors (Lipinski definition) is 4. The fraction of sp³-hybridized carbons (Fsp3) is 0.667. The second-order valence-corrected chi connectivity index (χ2v) is 7.89. The summed E-state index contributed by atoms with van der Waals surface area (Å²) < 4.78 is 11.3. The molecule has 0 radical (unpaired) electrons. The van der Waals surface area contributed by atoms with E-state index in [4.69, 9.17) is 9.47 Å². The van der Waals surface area contributed by atoms with Crippen LogP contribution in [0.25, 0.3) is 0 Å². The number of rotatable bonds is 7. The van der Waals surface area contributed by atoms with Gasteiger partial charge in [0.05, 0.1) is 7.11 Å². The summed E-state index contributed by atoms with van der Waals surface area (Å²) in [6.45, 7) is 3.59. The molecule has 3 unspecified atom stereocenters. The molecule has 2 aliphatic heterocycles. The Morgan fingerprint density at radius 2 is 2.23 bits per heavy atom. The molecule has 1 N–H and O–H groups in total. The molecule has 142 valence electrons. The number of benzene rings is 1. The van der Waals surface area contributed by atoms with Crippen molar-refractivity contribution in [3.8, 4) is 11.5 Å². The van der Waals surface area contributed by atoms with Crippen molar-refractivity contribution in [2.45, 2.75) is 44.6 Å². The van der Waals surface area contributed by atoms with Crippen LogP contribution >= 0.6 is 0 Å². The largest absolute Gasteiger partial charge is 0.496 e. The van der Waals surface area contributed by atoms with Gasteiger partial charge in [-0.1, -0.05) is 12.5 Å². The first kappa shape index (κ1) is 17.7. The van der Waals surface area contributed by atoms with Gasteiger partial charge in [-0.15, -0.1) is 0 Å². The van der Waals surface area contributed by atoms with Crippen molar-refractivity contribution in [2.24, 2.45) is 11.8 Å². The molecule has 3 aliphatic rings. The van der Waals surface area contributed by atoms with Gasteiger partial charge in [0.2, 0.25) is 5.91 Å². The van der Waals surface area contributed by atoms with Gasteiger partial charge in [-0.3, -0.25) is 4.79 Å². The highest BCUT2D eigenvalue weighted by Gasteiger charge is 2.42. The van der Waals surface area contributed by atoms with Crippen LogP contribution in [-0.2, 0) is 11.2 Å². The lowest BCUT2D eigenvalue weighted by atomic mass is 10.0. The van der Waals surface area contributed by atoms with Crippen LogP contribution in [0.4, 0.5) is 0 Å². The monoisotopic (exact) mass is 358 g/mol. The summed E-state index contributed by atoms with van der Waals surface area (Å²) in [6, 6.07) is 6.30. The Hall–Kier alpha value is -1.75. The molecular formula is C21H30N2O3. The third kappa shape index (κ3) is 3.54. The number of ether oxygens (including phenoxy) is 2. The maximum Gasteiger partial charge on any atom is 0.226 e. The number of nitrogens with zero attached hydrogens (tertiary/aromatic N) is 1. The van der Waals surface area contributed by atoms with E-state index in [1.807, 2.05) is 18.2 Å². The Kier molecular flexibility index (Phi) is 5.34. The van der Waals surface area contributed by atoms with Crippen LogP contribution in [0.5, 0.6) is 11.5 Å². The summed E-state index contributed by atoms with van der Waals surface area (Å²) >= 11 is 0. The minimum absolute atomic E-state index is 0.326. The second kappa shape index (κ2) is 7.87. The molecule has 26 heavy (non-hydrogen) atoms. The predicted octanol–water partition coefficient (Wildman–Crippen LogP) is 2.63. The van der Waals surface area contributed by atoms with E-state index >= 15 is 0 Å². The van der Waals surface area contributed by atoms with Crippen molar-refractivity contribution in [1.82, 2.24) is 10.2 Å². The lowest BCUT2D eigenvalue weighted by Crippen LogP contribution is -2.40. The molecule has 4 rings (SSSR count). The van der Waals surface area contributed by atoms with E-state index in [1.165, 1.54) is 12.8 Å². The van der Waals surface area contributed by atoms with Gasteiger partial charge >= 0.3 is 0 Å². The van der Waals surface area contributed by atoms with Crippen LogP contribution in [0.15, 0.2) is 18.2 Å². The lowest BCUT2D eigenvalue weighted by Gasteiger charge is -2.27. The number of fused-ring (bicyclic) bond motifs is 2. The smallest absolute Gasteiger partial charge is 0.226 e. The molecule has 0 aromatic heterocycles. The molecule has 1 amide bonds. The van der Waals surface area contributed by atoms with Crippen molar-refractivity contribution < 1.29 is 14.3 Å². The number of methoxy groups -OCH3 is 1. The van der Waals surface area contributed by atoms with Crippen LogP contribution in [0.1, 0.15) is 37.7 Å². The van der Waals surface area contributed by atoms with Crippen LogP contribution in [0.2, 0.25) is 0 Å². The average Bonchev–Trinajstić information content (AvgIpc) is 3.24. The third-order valence-electron chi connectivity index (χ3n) is 6.23. The molecule has 1 aliphatic carbocycles. The standard InChI is InChI=1S/C21H30N2O3/c1-25-19-8-5-9-20-18(19)12-16(14-26-20)22-10-2-3-11-23-13-15-6-4-7-17(15)21(23)24/h5,8-9,15-17,22H,2-4,6-7,10-14H2,1H3. The van der Waals surface area contributed by atoms with E-state index in [1.54, 1.807) is 7.11 Å². The zero-order chi connectivity index (χ0) is 17.9. The normalized spacial score (nSPS) is 27.2. The maximum atomic E-state index is 12.4. The molecule has 0 bridgehead atoms. The minimum atomic E-state index is 0.326. The number of amides is 1. The Morgan fingerprint density at radius 1 is 1.31 bits per heavy atom. The highest BCUT2D eigenvalue weighted by molar-refractivity contribution is 5.81. The number of carbonyl (C=O) groups excluding carboxylic acids is 1. The van der Waals surface area contributed by atoms with Crippen molar-refractivity contribution in [3.63, 3.8) is 0 Å². The quantitative estimate of drug-likeness (QED) is 0.762. The second-order valence-electron chi connectivity index (χ2n) is 7.89. The summed E-state index contributed by atoms with van der Waals surface area (Å²) in [7, 11) is 1.71. The van der Waals surface area contributed by atoms with E-state index in [9.17, 15) is 4.79 Å². The summed E-state index contributed by atoms with van der Waals surface area (Å²) in [4.78, 5) is 14.5. The lowest BCUT2D eigenvalue weighted by molar-refractivity contribution is -0.131. The molecule has 1 aromatic rings. The van der Waals surface area contributed by atoms with Crippen molar-refractivity contribution >= 4 is 5.91 Å². The number of likely N-dealkylation sites (tertiary alicyclic amines) is 1. The first-order valence-corrected chi connectivity index (χ1v) is 10.1. The molecule has 3 atom stereocenters. The highest BCUT2D eigenvalue weighted by Crippen LogP contribution is 2.38. The van der Waals surface area contributed by atoms with Crippen molar-refractivity contribution in [3.05, 3.63) is 23.8 Å². The first-order chi connectivity index (χ1) is 12.8. The number of nitrogens with one attached hydrogen (secondary N) is 1. The van der Waals surface area contributed by atoms with Gasteiger partial charge in [0.25, 0.3) is 0 Å². The Bertz CT molecular complexity index is 634. The van der Waals surface area contributed by atoms with E-state index < -0.39 is 0 Å². The molecule has 1 saturated carbocycles. The molecule has 1 aromatic carbocycles. The zero-order valence-corrected chi connectivity index (χ0v) is 15.7. The highest BCUT2D eigenvalue weighted by atomic mass is 16.5. The van der Waals surface area contributed by atoms with E-state index in [2.05, 4.69) is 10.2 Å². The van der Waals surface area contributed by atoms with Gasteiger partial charge < -0.3 is 19.7 Å². The molecule has 2 fully saturated rings. The SMILES string of the molecule is COc1cccc2c1CC(NCCCCN1CC3CCCC3C1=O)CO2. The molecule has 0 spiro atoms. The van der Waals surface area contributed by atoms with Gasteiger partial charge in [0, 0.05) is 30.6 Å². The zero-order valence-electron chi connectivity index (χ0n) is 15.7.